The summed E-state index contributed by atoms with van der Waals surface area (Å²) in [5.41, 5.74) is 0.924. The molecule has 108 valence electrons. The van der Waals surface area contributed by atoms with Crippen molar-refractivity contribution >= 4 is 11.9 Å². The molecule has 1 fully saturated rings. The number of rotatable bonds is 4. The highest BCUT2D eigenvalue weighted by Crippen LogP contribution is 2.19. The van der Waals surface area contributed by atoms with E-state index < -0.39 is 0 Å². The van der Waals surface area contributed by atoms with Gasteiger partial charge in [0.05, 0.1) is 6.54 Å². The zero-order valence-corrected chi connectivity index (χ0v) is 11.6. The van der Waals surface area contributed by atoms with E-state index in [0.29, 0.717) is 13.1 Å². The van der Waals surface area contributed by atoms with Gasteiger partial charge < -0.3 is 5.32 Å². The lowest BCUT2D eigenvalue weighted by Crippen LogP contribution is -2.41. The minimum absolute atomic E-state index is 0.0368. The monoisotopic (exact) mass is 279 g/mol. The first-order chi connectivity index (χ1) is 9.49. The van der Waals surface area contributed by atoms with Crippen LogP contribution in [0.3, 0.4) is 0 Å². The van der Waals surface area contributed by atoms with E-state index in [9.17, 15) is 14.0 Å². The van der Waals surface area contributed by atoms with Crippen molar-refractivity contribution in [2.24, 2.45) is 0 Å². The number of benzene rings is 1. The summed E-state index contributed by atoms with van der Waals surface area (Å²) in [6.07, 6.45) is 0. The van der Waals surface area contributed by atoms with E-state index in [2.05, 4.69) is 5.32 Å². The molecule has 1 aromatic rings. The van der Waals surface area contributed by atoms with Gasteiger partial charge in [0.15, 0.2) is 0 Å². The third-order valence-corrected chi connectivity index (χ3v) is 3.56. The molecular weight excluding hydrogens is 261 g/mol. The maximum atomic E-state index is 12.9. The second-order valence-electron chi connectivity index (χ2n) is 4.92. The third-order valence-electron chi connectivity index (χ3n) is 3.56. The topological polar surface area (TPSA) is 52.7 Å². The van der Waals surface area contributed by atoms with E-state index >= 15 is 0 Å². The summed E-state index contributed by atoms with van der Waals surface area (Å²) in [7, 11) is 1.81. The average molecular weight is 279 g/mol. The quantitative estimate of drug-likeness (QED) is 0.905. The van der Waals surface area contributed by atoms with Crippen LogP contribution in [0, 0.1) is 5.82 Å². The van der Waals surface area contributed by atoms with Gasteiger partial charge in [-0.05, 0) is 31.7 Å². The van der Waals surface area contributed by atoms with Crippen molar-refractivity contribution < 1.29 is 14.0 Å². The van der Waals surface area contributed by atoms with Gasteiger partial charge in [0.25, 0.3) is 0 Å². The molecule has 0 aliphatic carbocycles. The van der Waals surface area contributed by atoms with Gasteiger partial charge in [0, 0.05) is 19.1 Å². The Morgan fingerprint density at radius 3 is 2.65 bits per heavy atom. The number of likely N-dealkylation sites (N-methyl/N-ethyl adjacent to an activating group) is 1. The van der Waals surface area contributed by atoms with Crippen LogP contribution in [0.2, 0.25) is 0 Å². The molecule has 5 nitrogen and oxygen atoms in total. The smallest absolute Gasteiger partial charge is 0.324 e. The number of nitrogens with one attached hydrogen (secondary N) is 1. The van der Waals surface area contributed by atoms with Crippen LogP contribution in [0.4, 0.5) is 9.18 Å². The first kappa shape index (κ1) is 14.5. The summed E-state index contributed by atoms with van der Waals surface area (Å²) in [6, 6.07) is 5.82. The standard InChI is InChI=1S/C14H18FN3O2/c1-10(11-3-5-12(15)6-4-11)17(2)9-13(19)18-8-7-16-14(18)20/h3-6,10H,7-9H2,1-2H3,(H,16,20). The highest BCUT2D eigenvalue weighted by atomic mass is 19.1. The molecule has 1 heterocycles. The Morgan fingerprint density at radius 2 is 2.10 bits per heavy atom. The molecule has 2 rings (SSSR count). The fraction of sp³-hybridized carbons (Fsp3) is 0.429. The van der Waals surface area contributed by atoms with Gasteiger partial charge in [-0.3, -0.25) is 14.6 Å². The molecule has 0 radical (unpaired) electrons. The molecule has 1 atom stereocenters. The zero-order valence-electron chi connectivity index (χ0n) is 11.6. The number of halogens is 1. The van der Waals surface area contributed by atoms with Crippen molar-refractivity contribution in [3.63, 3.8) is 0 Å². The Bertz CT molecular complexity index is 504. The molecule has 20 heavy (non-hydrogen) atoms. The fourth-order valence-corrected chi connectivity index (χ4v) is 2.14. The highest BCUT2D eigenvalue weighted by Gasteiger charge is 2.27. The largest absolute Gasteiger partial charge is 0.336 e. The highest BCUT2D eigenvalue weighted by molar-refractivity contribution is 5.96. The van der Waals surface area contributed by atoms with E-state index in [1.807, 2.05) is 11.8 Å². The van der Waals surface area contributed by atoms with Crippen LogP contribution in [-0.4, -0.2) is 48.4 Å². The number of imide groups is 1. The molecule has 3 amide bonds. The van der Waals surface area contributed by atoms with Gasteiger partial charge in [0.2, 0.25) is 5.91 Å². The Hall–Kier alpha value is -1.95. The van der Waals surface area contributed by atoms with Crippen LogP contribution in [0.1, 0.15) is 18.5 Å². The Morgan fingerprint density at radius 1 is 1.45 bits per heavy atom. The van der Waals surface area contributed by atoms with Gasteiger partial charge >= 0.3 is 6.03 Å². The molecule has 1 aliphatic heterocycles. The minimum Gasteiger partial charge on any atom is -0.336 e. The first-order valence-corrected chi connectivity index (χ1v) is 6.53. The van der Waals surface area contributed by atoms with Gasteiger partial charge in [-0.2, -0.15) is 0 Å². The molecule has 1 aliphatic rings. The lowest BCUT2D eigenvalue weighted by atomic mass is 10.1. The lowest BCUT2D eigenvalue weighted by molar-refractivity contribution is -0.128. The summed E-state index contributed by atoms with van der Waals surface area (Å²) in [6.45, 7) is 2.99. The molecule has 1 aromatic carbocycles. The van der Waals surface area contributed by atoms with Crippen molar-refractivity contribution in [3.05, 3.63) is 35.6 Å². The van der Waals surface area contributed by atoms with Gasteiger partial charge in [0.1, 0.15) is 5.82 Å². The van der Waals surface area contributed by atoms with Crippen LogP contribution < -0.4 is 5.32 Å². The molecule has 0 aromatic heterocycles. The first-order valence-electron chi connectivity index (χ1n) is 6.53. The summed E-state index contributed by atoms with van der Waals surface area (Å²) in [5, 5.41) is 2.60. The normalized spacial score (nSPS) is 16.4. The Balaban J connectivity index is 1.97. The molecule has 0 saturated carbocycles. The molecule has 0 bridgehead atoms. The average Bonchev–Trinajstić information content (AvgIpc) is 2.85. The van der Waals surface area contributed by atoms with Crippen LogP contribution in [-0.2, 0) is 4.79 Å². The van der Waals surface area contributed by atoms with E-state index in [1.54, 1.807) is 19.2 Å². The predicted molar refractivity (Wildman–Crippen MR) is 72.6 cm³/mol. The van der Waals surface area contributed by atoms with E-state index in [1.165, 1.54) is 17.0 Å². The van der Waals surface area contributed by atoms with Gasteiger partial charge in [-0.15, -0.1) is 0 Å². The summed E-state index contributed by atoms with van der Waals surface area (Å²) in [4.78, 5) is 26.5. The summed E-state index contributed by atoms with van der Waals surface area (Å²) >= 11 is 0. The van der Waals surface area contributed by atoms with E-state index in [0.717, 1.165) is 5.56 Å². The second kappa shape index (κ2) is 6.00. The van der Waals surface area contributed by atoms with Crippen LogP contribution in [0.25, 0.3) is 0 Å². The van der Waals surface area contributed by atoms with E-state index in [4.69, 9.17) is 0 Å². The number of nitrogens with zero attached hydrogens (tertiary/aromatic N) is 2. The number of hydrogen-bond donors (Lipinski definition) is 1. The SMILES string of the molecule is CC(c1ccc(F)cc1)N(C)CC(=O)N1CCNC1=O. The van der Waals surface area contributed by atoms with Crippen LogP contribution in [0.15, 0.2) is 24.3 Å². The van der Waals surface area contributed by atoms with Crippen molar-refractivity contribution in [2.75, 3.05) is 26.7 Å². The van der Waals surface area contributed by atoms with Crippen molar-refractivity contribution in [1.82, 2.24) is 15.1 Å². The van der Waals surface area contributed by atoms with Crippen molar-refractivity contribution in [3.8, 4) is 0 Å². The minimum atomic E-state index is -0.335. The summed E-state index contributed by atoms with van der Waals surface area (Å²) < 4.78 is 12.9. The lowest BCUT2D eigenvalue weighted by Gasteiger charge is -2.25. The maximum absolute atomic E-state index is 12.9. The van der Waals surface area contributed by atoms with Gasteiger partial charge in [-0.1, -0.05) is 12.1 Å². The fourth-order valence-electron chi connectivity index (χ4n) is 2.14. The van der Waals surface area contributed by atoms with Crippen LogP contribution in [0.5, 0.6) is 0 Å². The molecule has 0 spiro atoms. The Labute approximate surface area is 117 Å². The van der Waals surface area contributed by atoms with Crippen molar-refractivity contribution in [1.29, 1.82) is 0 Å². The number of hydrogen-bond acceptors (Lipinski definition) is 3. The number of urea groups is 1. The van der Waals surface area contributed by atoms with E-state index in [-0.39, 0.29) is 30.3 Å². The molecule has 1 saturated heterocycles. The second-order valence-corrected chi connectivity index (χ2v) is 4.92. The van der Waals surface area contributed by atoms with Gasteiger partial charge in [-0.25, -0.2) is 9.18 Å². The summed E-state index contributed by atoms with van der Waals surface area (Å²) in [5.74, 6) is -0.509. The molecular formula is C14H18FN3O2. The predicted octanol–water partition coefficient (Wildman–Crippen LogP) is 1.37. The number of carbonyl (C=O) groups excluding carboxylic acids is 2. The van der Waals surface area contributed by atoms with Crippen molar-refractivity contribution in [2.45, 2.75) is 13.0 Å². The number of amides is 3. The van der Waals surface area contributed by atoms with Crippen LogP contribution >= 0.6 is 0 Å². The third kappa shape index (κ3) is 3.14. The molecule has 6 heteroatoms. The number of carbonyl (C=O) groups is 2. The zero-order chi connectivity index (χ0) is 14.7. The molecule has 1 unspecified atom stereocenters. The Kier molecular flexibility index (Phi) is 4.34. The maximum Gasteiger partial charge on any atom is 0.324 e. The molecule has 1 N–H and O–H groups in total.